The second-order valence-corrected chi connectivity index (χ2v) is 14.6. The molecule has 2 aliphatic heterocycles. The van der Waals surface area contributed by atoms with E-state index in [0.29, 0.717) is 52.3 Å². The molecule has 0 aliphatic carbocycles. The molecular formula is C32H39N4O6PS. The Bertz CT molecular complexity index is 1660. The lowest BCUT2D eigenvalue weighted by atomic mass is 10.00. The first-order chi connectivity index (χ1) is 21.1. The van der Waals surface area contributed by atoms with E-state index in [1.54, 1.807) is 56.3 Å². The summed E-state index contributed by atoms with van der Waals surface area (Å²) in [6.45, 7) is 6.94. The molecule has 10 nitrogen and oxygen atoms in total. The average molecular weight is 639 g/mol. The lowest BCUT2D eigenvalue weighted by Crippen LogP contribution is -2.37. The summed E-state index contributed by atoms with van der Waals surface area (Å²) in [7, 11) is -7.09. The van der Waals surface area contributed by atoms with E-state index in [0.717, 1.165) is 31.5 Å². The number of likely N-dealkylation sites (tertiary alicyclic amines) is 1. The van der Waals surface area contributed by atoms with Crippen molar-refractivity contribution in [2.45, 2.75) is 26.7 Å². The Balaban J connectivity index is 1.51. The molecule has 234 valence electrons. The summed E-state index contributed by atoms with van der Waals surface area (Å²) >= 11 is 0. The number of anilines is 3. The Morgan fingerprint density at radius 1 is 0.977 bits per heavy atom. The monoisotopic (exact) mass is 638 g/mol. The zero-order valence-electron chi connectivity index (χ0n) is 25.3. The van der Waals surface area contributed by atoms with E-state index in [1.165, 1.54) is 10.6 Å². The van der Waals surface area contributed by atoms with Crippen molar-refractivity contribution in [3.63, 3.8) is 0 Å². The number of carbonyl (C=O) groups excluding carboxylic acids is 1. The number of hydrogen-bond acceptors (Lipinski definition) is 8. The Morgan fingerprint density at radius 2 is 1.64 bits per heavy atom. The van der Waals surface area contributed by atoms with Gasteiger partial charge in [-0.1, -0.05) is 30.3 Å². The molecule has 0 aromatic heterocycles. The van der Waals surface area contributed by atoms with E-state index in [-0.39, 0.29) is 19.1 Å². The lowest BCUT2D eigenvalue weighted by molar-refractivity contribution is -0.110. The molecule has 2 N–H and O–H groups in total. The highest BCUT2D eigenvalue weighted by Gasteiger charge is 2.33. The van der Waals surface area contributed by atoms with E-state index in [4.69, 9.17) is 9.05 Å². The van der Waals surface area contributed by atoms with Gasteiger partial charge in [0.05, 0.1) is 41.7 Å². The molecule has 2 heterocycles. The predicted molar refractivity (Wildman–Crippen MR) is 177 cm³/mol. The third-order valence-corrected chi connectivity index (χ3v) is 10.9. The molecule has 0 unspecified atom stereocenters. The van der Waals surface area contributed by atoms with Crippen molar-refractivity contribution in [2.24, 2.45) is 0 Å². The number of nitrogens with zero attached hydrogens (tertiary/aromatic N) is 2. The molecule has 0 bridgehead atoms. The highest BCUT2D eigenvalue weighted by Crippen LogP contribution is 2.48. The van der Waals surface area contributed by atoms with Crippen LogP contribution in [0.1, 0.15) is 37.8 Å². The molecule has 12 heteroatoms. The maximum atomic E-state index is 13.6. The van der Waals surface area contributed by atoms with Crippen LogP contribution in [0.3, 0.4) is 0 Å². The van der Waals surface area contributed by atoms with Crippen molar-refractivity contribution in [1.29, 1.82) is 0 Å². The summed E-state index contributed by atoms with van der Waals surface area (Å²) in [6, 6.07) is 21.6. The van der Waals surface area contributed by atoms with Gasteiger partial charge >= 0.3 is 7.60 Å². The Hall–Kier alpha value is -3.47. The van der Waals surface area contributed by atoms with Gasteiger partial charge in [-0.05, 0) is 87.8 Å². The lowest BCUT2D eigenvalue weighted by Gasteiger charge is -2.25. The van der Waals surface area contributed by atoms with E-state index in [1.807, 2.05) is 30.3 Å². The van der Waals surface area contributed by atoms with Gasteiger partial charge in [-0.25, -0.2) is 8.42 Å². The minimum absolute atomic E-state index is 0.204. The molecule has 0 spiro atoms. The minimum Gasteiger partial charge on any atom is -0.354 e. The number of hydrogen-bond donors (Lipinski definition) is 2. The number of carbonyl (C=O) groups is 1. The molecule has 1 amide bonds. The number of sulfonamides is 1. The van der Waals surface area contributed by atoms with Gasteiger partial charge in [0.15, 0.2) is 0 Å². The van der Waals surface area contributed by atoms with Crippen molar-refractivity contribution in [3.8, 4) is 0 Å². The second kappa shape index (κ2) is 13.7. The number of amides is 1. The van der Waals surface area contributed by atoms with Gasteiger partial charge in [-0.15, -0.1) is 0 Å². The first-order valence-corrected chi connectivity index (χ1v) is 18.2. The smallest absolute Gasteiger partial charge is 0.354 e. The van der Waals surface area contributed by atoms with Crippen molar-refractivity contribution < 1.29 is 26.8 Å². The normalized spacial score (nSPS) is 16.5. The number of rotatable bonds is 13. The molecule has 1 fully saturated rings. The summed E-state index contributed by atoms with van der Waals surface area (Å²) in [5.74, 6) is -0.312. The quantitative estimate of drug-likeness (QED) is 0.190. The highest BCUT2D eigenvalue weighted by molar-refractivity contribution is 7.92. The Labute approximate surface area is 259 Å². The molecule has 3 aromatic carbocycles. The van der Waals surface area contributed by atoms with Crippen molar-refractivity contribution >= 4 is 57.2 Å². The first-order valence-electron chi connectivity index (χ1n) is 14.8. The maximum absolute atomic E-state index is 13.6. The molecule has 0 saturated carbocycles. The maximum Gasteiger partial charge on any atom is 0.361 e. The summed E-state index contributed by atoms with van der Waals surface area (Å²) in [5, 5.41) is 6.69. The molecule has 0 atom stereocenters. The second-order valence-electron chi connectivity index (χ2n) is 10.7. The zero-order valence-corrected chi connectivity index (χ0v) is 27.0. The summed E-state index contributed by atoms with van der Waals surface area (Å²) in [6.07, 6.45) is 3.50. The van der Waals surface area contributed by atoms with Crippen LogP contribution in [0.2, 0.25) is 0 Å². The van der Waals surface area contributed by atoms with E-state index in [9.17, 15) is 17.8 Å². The molecule has 44 heavy (non-hydrogen) atoms. The molecule has 0 radical (unpaired) electrons. The van der Waals surface area contributed by atoms with Gasteiger partial charge in [0.1, 0.15) is 0 Å². The summed E-state index contributed by atoms with van der Waals surface area (Å²) in [4.78, 5) is 15.7. The van der Waals surface area contributed by atoms with Crippen LogP contribution < -0.4 is 20.2 Å². The minimum atomic E-state index is -3.60. The van der Waals surface area contributed by atoms with Gasteiger partial charge < -0.3 is 24.6 Å². The first kappa shape index (κ1) is 31.9. The summed E-state index contributed by atoms with van der Waals surface area (Å²) < 4.78 is 51.5. The van der Waals surface area contributed by atoms with Crippen LogP contribution in [-0.2, 0) is 28.4 Å². The SMILES string of the molecule is CCOP(=O)(OCC)c1ccc2c(c1)/C(=C(/Nc1ccc(N(CCN3CCCC3)S(C)(=O)=O)cc1)c1ccccc1)C(=O)N2. The molecule has 2 aliphatic rings. The Morgan fingerprint density at radius 3 is 2.25 bits per heavy atom. The fourth-order valence-electron chi connectivity index (χ4n) is 5.56. The molecular weight excluding hydrogens is 599 g/mol. The molecule has 3 aromatic rings. The topological polar surface area (TPSA) is 117 Å². The summed E-state index contributed by atoms with van der Waals surface area (Å²) in [5.41, 5.74) is 4.08. The van der Waals surface area contributed by atoms with Crippen molar-refractivity contribution in [2.75, 3.05) is 60.6 Å². The largest absolute Gasteiger partial charge is 0.361 e. The van der Waals surface area contributed by atoms with Gasteiger partial charge in [0.25, 0.3) is 5.91 Å². The standard InChI is InChI=1S/C32H39N4O6PS/c1-4-41-43(38,42-5-2)27-17-18-29-28(23-27)30(32(37)34-29)31(24-11-7-6-8-12-24)33-25-13-15-26(16-14-25)36(44(3,39)40)22-21-35-19-9-10-20-35/h6-8,11-18,23,33H,4-5,9-10,19-22H2,1-3H3,(H,34,37)/b31-30-. The zero-order chi connectivity index (χ0) is 31.3. The van der Waals surface area contributed by atoms with Crippen LogP contribution in [0, 0.1) is 0 Å². The third-order valence-electron chi connectivity index (χ3n) is 7.62. The van der Waals surface area contributed by atoms with Gasteiger partial charge in [0.2, 0.25) is 10.0 Å². The molecule has 5 rings (SSSR count). The fourth-order valence-corrected chi connectivity index (χ4v) is 8.08. The Kier molecular flexibility index (Phi) is 9.92. The van der Waals surface area contributed by atoms with Crippen LogP contribution in [-0.4, -0.2) is 64.9 Å². The van der Waals surface area contributed by atoms with Gasteiger partial charge in [-0.3, -0.25) is 13.7 Å². The van der Waals surface area contributed by atoms with Gasteiger partial charge in [0, 0.05) is 30.0 Å². The highest BCUT2D eigenvalue weighted by atomic mass is 32.2. The van der Waals surface area contributed by atoms with E-state index < -0.39 is 17.6 Å². The van der Waals surface area contributed by atoms with Crippen LogP contribution in [0.4, 0.5) is 17.1 Å². The van der Waals surface area contributed by atoms with E-state index >= 15 is 0 Å². The molecule has 1 saturated heterocycles. The van der Waals surface area contributed by atoms with Crippen LogP contribution in [0.5, 0.6) is 0 Å². The number of benzene rings is 3. The third kappa shape index (κ3) is 7.08. The predicted octanol–water partition coefficient (Wildman–Crippen LogP) is 5.37. The number of fused-ring (bicyclic) bond motifs is 1. The number of nitrogens with one attached hydrogen (secondary N) is 2. The van der Waals surface area contributed by atoms with Gasteiger partial charge in [-0.2, -0.15) is 0 Å². The van der Waals surface area contributed by atoms with E-state index in [2.05, 4.69) is 15.5 Å². The average Bonchev–Trinajstić information content (AvgIpc) is 3.63. The fraction of sp³-hybridized carbons (Fsp3) is 0.344. The van der Waals surface area contributed by atoms with Crippen molar-refractivity contribution in [3.05, 3.63) is 83.9 Å². The van der Waals surface area contributed by atoms with Crippen LogP contribution in [0.25, 0.3) is 11.3 Å². The van der Waals surface area contributed by atoms with Crippen molar-refractivity contribution in [1.82, 2.24) is 4.90 Å². The van der Waals surface area contributed by atoms with Crippen LogP contribution >= 0.6 is 7.60 Å². The van der Waals surface area contributed by atoms with Crippen LogP contribution in [0.15, 0.2) is 72.8 Å².